The van der Waals surface area contributed by atoms with Crippen molar-refractivity contribution in [3.63, 3.8) is 0 Å². The molecule has 0 saturated heterocycles. The molecule has 2 amide bonds. The third-order valence-electron chi connectivity index (χ3n) is 2.62. The van der Waals surface area contributed by atoms with Crippen LogP contribution in [0.15, 0.2) is 12.4 Å². The molecule has 0 fully saturated rings. The van der Waals surface area contributed by atoms with Crippen LogP contribution >= 0.6 is 0 Å². The Morgan fingerprint density at radius 2 is 2.22 bits per heavy atom. The first kappa shape index (κ1) is 14.0. The van der Waals surface area contributed by atoms with Gasteiger partial charge in [0.05, 0.1) is 18.7 Å². The number of nitrogens with zero attached hydrogens (tertiary/aromatic N) is 1. The van der Waals surface area contributed by atoms with Gasteiger partial charge in [0, 0.05) is 17.8 Å². The van der Waals surface area contributed by atoms with E-state index in [9.17, 15) is 9.59 Å². The van der Waals surface area contributed by atoms with Crippen molar-refractivity contribution in [2.45, 2.75) is 38.8 Å². The zero-order chi connectivity index (χ0) is 13.5. The largest absolute Gasteiger partial charge is 0.481 e. The number of amides is 2. The molecule has 0 aliphatic carbocycles. The minimum absolute atomic E-state index is 0.0794. The quantitative estimate of drug-likeness (QED) is 0.608. The van der Waals surface area contributed by atoms with Crippen molar-refractivity contribution in [2.24, 2.45) is 0 Å². The zero-order valence-electron chi connectivity index (χ0n) is 10.4. The summed E-state index contributed by atoms with van der Waals surface area (Å²) in [5, 5.41) is 20.5. The monoisotopic (exact) mass is 254 g/mol. The Balaban J connectivity index is 2.43. The maximum atomic E-state index is 11.7. The number of carboxylic acids is 1. The first-order valence-corrected chi connectivity index (χ1v) is 5.80. The lowest BCUT2D eigenvalue weighted by molar-refractivity contribution is -0.137. The van der Waals surface area contributed by atoms with Crippen LogP contribution in [0, 0.1) is 0 Å². The number of aromatic nitrogens is 2. The molecule has 4 N–H and O–H groups in total. The van der Waals surface area contributed by atoms with Crippen molar-refractivity contribution in [1.29, 1.82) is 0 Å². The second kappa shape index (κ2) is 6.63. The van der Waals surface area contributed by atoms with E-state index in [-0.39, 0.29) is 24.5 Å². The standard InChI is InChI=1S/C11H18N4O3/c1-3-9(4-10(16)17)15-11(18)14-7(2)8-5-12-13-6-8/h5-7,9H,3-4H2,1-2H3,(H,12,13)(H,16,17)(H2,14,15,18). The number of hydrogen-bond acceptors (Lipinski definition) is 3. The van der Waals surface area contributed by atoms with E-state index >= 15 is 0 Å². The molecule has 18 heavy (non-hydrogen) atoms. The molecule has 1 heterocycles. The van der Waals surface area contributed by atoms with Gasteiger partial charge in [-0.25, -0.2) is 4.79 Å². The second-order valence-electron chi connectivity index (χ2n) is 4.07. The van der Waals surface area contributed by atoms with Crippen LogP contribution < -0.4 is 10.6 Å². The number of rotatable bonds is 6. The Bertz CT molecular complexity index is 391. The van der Waals surface area contributed by atoms with Crippen molar-refractivity contribution in [1.82, 2.24) is 20.8 Å². The van der Waals surface area contributed by atoms with Gasteiger partial charge in [-0.15, -0.1) is 0 Å². The Labute approximate surface area is 105 Å². The molecule has 0 aromatic carbocycles. The highest BCUT2D eigenvalue weighted by atomic mass is 16.4. The van der Waals surface area contributed by atoms with Gasteiger partial charge >= 0.3 is 12.0 Å². The van der Waals surface area contributed by atoms with Gasteiger partial charge in [-0.3, -0.25) is 9.89 Å². The zero-order valence-corrected chi connectivity index (χ0v) is 10.4. The minimum atomic E-state index is -0.926. The smallest absolute Gasteiger partial charge is 0.315 e. The normalized spacial score (nSPS) is 13.7. The maximum Gasteiger partial charge on any atom is 0.315 e. The summed E-state index contributed by atoms with van der Waals surface area (Å²) < 4.78 is 0. The summed E-state index contributed by atoms with van der Waals surface area (Å²) in [6, 6.07) is -0.929. The lowest BCUT2D eigenvalue weighted by atomic mass is 10.1. The summed E-state index contributed by atoms with van der Waals surface area (Å²) in [4.78, 5) is 22.2. The van der Waals surface area contributed by atoms with Crippen molar-refractivity contribution in [3.05, 3.63) is 18.0 Å². The molecule has 1 aromatic heterocycles. The first-order chi connectivity index (χ1) is 8.52. The highest BCUT2D eigenvalue weighted by Crippen LogP contribution is 2.08. The molecule has 2 unspecified atom stereocenters. The van der Waals surface area contributed by atoms with Crippen LogP contribution in [0.5, 0.6) is 0 Å². The molecule has 0 saturated carbocycles. The molecule has 0 aliphatic heterocycles. The Morgan fingerprint density at radius 1 is 1.50 bits per heavy atom. The van der Waals surface area contributed by atoms with E-state index < -0.39 is 5.97 Å². The summed E-state index contributed by atoms with van der Waals surface area (Å²) in [5.41, 5.74) is 0.858. The molecule has 2 atom stereocenters. The average molecular weight is 254 g/mol. The number of hydrogen-bond donors (Lipinski definition) is 4. The molecular formula is C11H18N4O3. The Kier molecular flexibility index (Phi) is 5.16. The van der Waals surface area contributed by atoms with Crippen LogP contribution in [0.4, 0.5) is 4.79 Å². The number of carbonyl (C=O) groups excluding carboxylic acids is 1. The van der Waals surface area contributed by atoms with Crippen molar-refractivity contribution in [2.75, 3.05) is 0 Å². The van der Waals surface area contributed by atoms with Gasteiger partial charge < -0.3 is 15.7 Å². The first-order valence-electron chi connectivity index (χ1n) is 5.80. The van der Waals surface area contributed by atoms with Gasteiger partial charge in [-0.05, 0) is 13.3 Å². The predicted molar refractivity (Wildman–Crippen MR) is 65.0 cm³/mol. The highest BCUT2D eigenvalue weighted by molar-refractivity contribution is 5.76. The summed E-state index contributed by atoms with van der Waals surface area (Å²) >= 11 is 0. The molecule has 100 valence electrons. The van der Waals surface area contributed by atoms with Gasteiger partial charge in [-0.1, -0.05) is 6.92 Å². The second-order valence-corrected chi connectivity index (χ2v) is 4.07. The van der Waals surface area contributed by atoms with Crippen LogP contribution in [0.2, 0.25) is 0 Å². The minimum Gasteiger partial charge on any atom is -0.481 e. The average Bonchev–Trinajstić information content (AvgIpc) is 2.80. The molecule has 0 spiro atoms. The number of aromatic amines is 1. The van der Waals surface area contributed by atoms with Crippen LogP contribution in [0.25, 0.3) is 0 Å². The fourth-order valence-corrected chi connectivity index (χ4v) is 1.51. The van der Waals surface area contributed by atoms with Gasteiger partial charge in [0.2, 0.25) is 0 Å². The molecule has 1 aromatic rings. The third kappa shape index (κ3) is 4.44. The molecule has 1 rings (SSSR count). The molecule has 0 bridgehead atoms. The fraction of sp³-hybridized carbons (Fsp3) is 0.545. The SMILES string of the molecule is CCC(CC(=O)O)NC(=O)NC(C)c1cn[nH]c1. The van der Waals surface area contributed by atoms with Crippen LogP contribution in [-0.2, 0) is 4.79 Å². The maximum absolute atomic E-state index is 11.7. The topological polar surface area (TPSA) is 107 Å². The van der Waals surface area contributed by atoms with E-state index in [2.05, 4.69) is 20.8 Å². The number of urea groups is 1. The number of nitrogens with one attached hydrogen (secondary N) is 3. The van der Waals surface area contributed by atoms with E-state index in [1.165, 1.54) is 0 Å². The lowest BCUT2D eigenvalue weighted by Gasteiger charge is -2.18. The molecule has 7 heteroatoms. The van der Waals surface area contributed by atoms with Gasteiger partial charge in [0.15, 0.2) is 0 Å². The van der Waals surface area contributed by atoms with Crippen LogP contribution in [0.1, 0.15) is 38.3 Å². The Hall–Kier alpha value is -2.05. The van der Waals surface area contributed by atoms with Crippen molar-refractivity contribution < 1.29 is 14.7 Å². The Morgan fingerprint density at radius 3 is 2.72 bits per heavy atom. The van der Waals surface area contributed by atoms with Gasteiger partial charge in [0.1, 0.15) is 0 Å². The number of aliphatic carboxylic acids is 1. The molecular weight excluding hydrogens is 236 g/mol. The predicted octanol–water partition coefficient (Wildman–Crippen LogP) is 1.02. The van der Waals surface area contributed by atoms with Crippen LogP contribution in [-0.4, -0.2) is 33.3 Å². The van der Waals surface area contributed by atoms with E-state index in [0.29, 0.717) is 6.42 Å². The highest BCUT2D eigenvalue weighted by Gasteiger charge is 2.16. The van der Waals surface area contributed by atoms with Gasteiger partial charge in [-0.2, -0.15) is 5.10 Å². The van der Waals surface area contributed by atoms with E-state index in [0.717, 1.165) is 5.56 Å². The number of carbonyl (C=O) groups is 2. The summed E-state index contributed by atoms with van der Waals surface area (Å²) in [5.74, 6) is -0.926. The van der Waals surface area contributed by atoms with Crippen LogP contribution in [0.3, 0.4) is 0 Å². The third-order valence-corrected chi connectivity index (χ3v) is 2.62. The molecule has 7 nitrogen and oxygen atoms in total. The molecule has 0 aliphatic rings. The number of H-pyrrole nitrogens is 1. The summed E-state index contributed by atoms with van der Waals surface area (Å²) in [6.45, 7) is 3.65. The summed E-state index contributed by atoms with van der Waals surface area (Å²) in [7, 11) is 0. The lowest BCUT2D eigenvalue weighted by Crippen LogP contribution is -2.43. The van der Waals surface area contributed by atoms with Crippen molar-refractivity contribution in [3.8, 4) is 0 Å². The summed E-state index contributed by atoms with van der Waals surface area (Å²) in [6.07, 6.45) is 3.81. The van der Waals surface area contributed by atoms with E-state index in [1.54, 1.807) is 12.4 Å². The number of carboxylic acid groups (broad SMARTS) is 1. The van der Waals surface area contributed by atoms with Gasteiger partial charge in [0.25, 0.3) is 0 Å². The van der Waals surface area contributed by atoms with E-state index in [4.69, 9.17) is 5.11 Å². The van der Waals surface area contributed by atoms with Crippen molar-refractivity contribution >= 4 is 12.0 Å². The van der Waals surface area contributed by atoms with E-state index in [1.807, 2.05) is 13.8 Å². The fourth-order valence-electron chi connectivity index (χ4n) is 1.51. The molecule has 0 radical (unpaired) electrons.